The zero-order valence-corrected chi connectivity index (χ0v) is 15.0. The van der Waals surface area contributed by atoms with Gasteiger partial charge in [-0.3, -0.25) is 4.90 Å². The molecule has 0 amide bonds. The molecule has 1 spiro atoms. The van der Waals surface area contributed by atoms with Crippen LogP contribution in [0.25, 0.3) is 0 Å². The molecule has 5 rings (SSSR count). The number of benzene rings is 2. The monoisotopic (exact) mass is 352 g/mol. The minimum absolute atomic E-state index is 0.161. The molecule has 136 valence electrons. The smallest absolute Gasteiger partial charge is 0.123 e. The Bertz CT molecular complexity index is 777. The minimum atomic E-state index is -0.161. The highest BCUT2D eigenvalue weighted by atomic mass is 19.1. The highest BCUT2D eigenvalue weighted by Crippen LogP contribution is 2.42. The topological polar surface area (TPSA) is 15.7 Å². The van der Waals surface area contributed by atoms with E-state index in [0.717, 1.165) is 50.6 Å². The van der Waals surface area contributed by atoms with Gasteiger partial charge in [-0.15, -0.1) is 0 Å². The van der Waals surface area contributed by atoms with Crippen LogP contribution in [0, 0.1) is 11.2 Å². The number of likely N-dealkylation sites (tertiary alicyclic amines) is 1. The standard InChI is InChI=1S/C22H25FN2O/c23-18-5-7-19(8-6-18)24-11-9-20(10-12-24)25-14-22(15-25)13-17-3-1-2-4-21(17)26-16-22/h1-8,20H,9-16H2. The summed E-state index contributed by atoms with van der Waals surface area (Å²) < 4.78 is 19.1. The van der Waals surface area contributed by atoms with Crippen LogP contribution in [0.2, 0.25) is 0 Å². The van der Waals surface area contributed by atoms with E-state index in [1.165, 1.54) is 18.4 Å². The SMILES string of the molecule is Fc1ccc(N2CCC(N3CC4(COc5ccccc5C4)C3)CC2)cc1. The van der Waals surface area contributed by atoms with Crippen LogP contribution < -0.4 is 9.64 Å². The predicted molar refractivity (Wildman–Crippen MR) is 101 cm³/mol. The van der Waals surface area contributed by atoms with Crippen LogP contribution in [0.15, 0.2) is 48.5 Å². The zero-order valence-electron chi connectivity index (χ0n) is 15.0. The fourth-order valence-electron chi connectivity index (χ4n) is 4.89. The third kappa shape index (κ3) is 2.86. The van der Waals surface area contributed by atoms with E-state index in [0.29, 0.717) is 11.5 Å². The summed E-state index contributed by atoms with van der Waals surface area (Å²) in [5.41, 5.74) is 2.83. The molecule has 2 aromatic rings. The van der Waals surface area contributed by atoms with E-state index in [9.17, 15) is 4.39 Å². The van der Waals surface area contributed by atoms with Crippen molar-refractivity contribution in [3.63, 3.8) is 0 Å². The van der Waals surface area contributed by atoms with Crippen molar-refractivity contribution in [3.05, 3.63) is 59.9 Å². The summed E-state index contributed by atoms with van der Waals surface area (Å²) in [6.07, 6.45) is 3.52. The third-order valence-corrected chi connectivity index (χ3v) is 6.32. The summed E-state index contributed by atoms with van der Waals surface area (Å²) in [6.45, 7) is 5.28. The van der Waals surface area contributed by atoms with Gasteiger partial charge in [0.05, 0.1) is 6.61 Å². The molecule has 0 atom stereocenters. The summed E-state index contributed by atoms with van der Waals surface area (Å²) in [4.78, 5) is 5.03. The van der Waals surface area contributed by atoms with E-state index in [4.69, 9.17) is 4.74 Å². The average Bonchev–Trinajstić information content (AvgIpc) is 2.66. The van der Waals surface area contributed by atoms with Crippen LogP contribution in [0.4, 0.5) is 10.1 Å². The van der Waals surface area contributed by atoms with Gasteiger partial charge in [0.15, 0.2) is 0 Å². The van der Waals surface area contributed by atoms with Gasteiger partial charge in [-0.05, 0) is 55.2 Å². The van der Waals surface area contributed by atoms with Crippen molar-refractivity contribution in [1.29, 1.82) is 0 Å². The maximum absolute atomic E-state index is 13.1. The molecule has 26 heavy (non-hydrogen) atoms. The van der Waals surface area contributed by atoms with E-state index < -0.39 is 0 Å². The lowest BCUT2D eigenvalue weighted by molar-refractivity contribution is -0.0708. The molecule has 3 nitrogen and oxygen atoms in total. The molecule has 3 aliphatic rings. The number of anilines is 1. The number of rotatable bonds is 2. The molecule has 0 N–H and O–H groups in total. The van der Waals surface area contributed by atoms with Gasteiger partial charge < -0.3 is 9.64 Å². The first kappa shape index (κ1) is 16.1. The number of ether oxygens (including phenoxy) is 1. The molecule has 0 aromatic heterocycles. The second-order valence-electron chi connectivity index (χ2n) is 8.17. The van der Waals surface area contributed by atoms with Crippen LogP contribution in [0.1, 0.15) is 18.4 Å². The minimum Gasteiger partial charge on any atom is -0.493 e. The summed E-state index contributed by atoms with van der Waals surface area (Å²) in [5, 5.41) is 0. The van der Waals surface area contributed by atoms with Crippen molar-refractivity contribution in [2.75, 3.05) is 37.7 Å². The lowest BCUT2D eigenvalue weighted by Crippen LogP contribution is -2.65. The Morgan fingerprint density at radius 1 is 0.962 bits per heavy atom. The third-order valence-electron chi connectivity index (χ3n) is 6.32. The number of halogens is 1. The summed E-state index contributed by atoms with van der Waals surface area (Å²) >= 11 is 0. The fourth-order valence-corrected chi connectivity index (χ4v) is 4.89. The molecule has 0 bridgehead atoms. The Morgan fingerprint density at radius 2 is 1.69 bits per heavy atom. The molecule has 4 heteroatoms. The van der Waals surface area contributed by atoms with Gasteiger partial charge in [0.1, 0.15) is 11.6 Å². The number of para-hydroxylation sites is 1. The summed E-state index contributed by atoms with van der Waals surface area (Å²) in [6, 6.07) is 16.0. The van der Waals surface area contributed by atoms with E-state index in [-0.39, 0.29) is 5.82 Å². The molecule has 0 radical (unpaired) electrons. The largest absolute Gasteiger partial charge is 0.493 e. The van der Waals surface area contributed by atoms with Crippen LogP contribution >= 0.6 is 0 Å². The first-order valence-corrected chi connectivity index (χ1v) is 9.66. The number of hydrogen-bond donors (Lipinski definition) is 0. The fraction of sp³-hybridized carbons (Fsp3) is 0.455. The Morgan fingerprint density at radius 3 is 2.46 bits per heavy atom. The second-order valence-corrected chi connectivity index (χ2v) is 8.17. The van der Waals surface area contributed by atoms with E-state index in [2.05, 4.69) is 34.1 Å². The Hall–Kier alpha value is -2.07. The van der Waals surface area contributed by atoms with Crippen molar-refractivity contribution >= 4 is 5.69 Å². The maximum Gasteiger partial charge on any atom is 0.123 e. The summed E-state index contributed by atoms with van der Waals surface area (Å²) in [7, 11) is 0. The highest BCUT2D eigenvalue weighted by molar-refractivity contribution is 5.46. The van der Waals surface area contributed by atoms with Crippen molar-refractivity contribution in [2.45, 2.75) is 25.3 Å². The Labute approximate surface area is 154 Å². The van der Waals surface area contributed by atoms with E-state index >= 15 is 0 Å². The van der Waals surface area contributed by atoms with Crippen LogP contribution in [-0.2, 0) is 6.42 Å². The first-order chi connectivity index (χ1) is 12.7. The predicted octanol–water partition coefficient (Wildman–Crippen LogP) is 3.73. The van der Waals surface area contributed by atoms with Gasteiger partial charge in [0.2, 0.25) is 0 Å². The lowest BCUT2D eigenvalue weighted by Gasteiger charge is -2.56. The van der Waals surface area contributed by atoms with Crippen LogP contribution in [-0.4, -0.2) is 43.7 Å². The molecular formula is C22H25FN2O. The second kappa shape index (κ2) is 6.27. The van der Waals surface area contributed by atoms with Gasteiger partial charge in [0, 0.05) is 43.3 Å². The molecular weight excluding hydrogens is 327 g/mol. The van der Waals surface area contributed by atoms with Gasteiger partial charge in [0.25, 0.3) is 0 Å². The van der Waals surface area contributed by atoms with Gasteiger partial charge in [-0.25, -0.2) is 4.39 Å². The molecule has 3 aliphatic heterocycles. The molecule has 0 unspecified atom stereocenters. The molecule has 3 heterocycles. The quantitative estimate of drug-likeness (QED) is 0.819. The highest BCUT2D eigenvalue weighted by Gasteiger charge is 2.48. The van der Waals surface area contributed by atoms with Gasteiger partial charge in [-0.2, -0.15) is 0 Å². The van der Waals surface area contributed by atoms with Crippen molar-refractivity contribution in [1.82, 2.24) is 4.90 Å². The number of hydrogen-bond acceptors (Lipinski definition) is 3. The Balaban J connectivity index is 1.16. The number of fused-ring (bicyclic) bond motifs is 1. The van der Waals surface area contributed by atoms with E-state index in [1.807, 2.05) is 12.1 Å². The molecule has 2 saturated heterocycles. The molecule has 0 aliphatic carbocycles. The van der Waals surface area contributed by atoms with Crippen LogP contribution in [0.3, 0.4) is 0 Å². The van der Waals surface area contributed by atoms with Crippen molar-refractivity contribution in [2.24, 2.45) is 5.41 Å². The van der Waals surface area contributed by atoms with Crippen molar-refractivity contribution < 1.29 is 9.13 Å². The van der Waals surface area contributed by atoms with Crippen LogP contribution in [0.5, 0.6) is 5.75 Å². The van der Waals surface area contributed by atoms with Crippen molar-refractivity contribution in [3.8, 4) is 5.75 Å². The number of piperidine rings is 1. The molecule has 0 saturated carbocycles. The molecule has 2 fully saturated rings. The van der Waals surface area contributed by atoms with E-state index in [1.54, 1.807) is 12.1 Å². The van der Waals surface area contributed by atoms with Gasteiger partial charge in [-0.1, -0.05) is 18.2 Å². The maximum atomic E-state index is 13.1. The first-order valence-electron chi connectivity index (χ1n) is 9.66. The zero-order chi connectivity index (χ0) is 17.6. The Kier molecular flexibility index (Phi) is 3.89. The summed E-state index contributed by atoms with van der Waals surface area (Å²) in [5.74, 6) is 0.912. The van der Waals surface area contributed by atoms with Gasteiger partial charge >= 0.3 is 0 Å². The molecule has 2 aromatic carbocycles. The number of nitrogens with zero attached hydrogens (tertiary/aromatic N) is 2. The lowest BCUT2D eigenvalue weighted by atomic mass is 9.72. The normalized spacial score (nSPS) is 22.6. The average molecular weight is 352 g/mol.